The molecule has 1 rings (SSSR count). The molecule has 0 heterocycles. The molecule has 0 fully saturated rings. The molecule has 0 saturated carbocycles. The van der Waals surface area contributed by atoms with Gasteiger partial charge >= 0.3 is 8.25 Å². The maximum atomic E-state index is 11.8. The second-order valence-corrected chi connectivity index (χ2v) is 4.66. The van der Waals surface area contributed by atoms with Crippen molar-refractivity contribution < 1.29 is 18.8 Å². The number of Topliss-reactive ketones (excluding diaryl/α,β-unsaturated/α-hetero) is 1. The molecule has 1 N–H and O–H groups in total. The molecule has 4 nitrogen and oxygen atoms in total. The van der Waals surface area contributed by atoms with Gasteiger partial charge in [-0.25, -0.2) is 0 Å². The van der Waals surface area contributed by atoms with Gasteiger partial charge in [-0.15, -0.1) is 9.42 Å². The van der Waals surface area contributed by atoms with Crippen molar-refractivity contribution in [3.8, 4) is 0 Å². The number of rotatable bonds is 5. The van der Waals surface area contributed by atoms with Crippen LogP contribution < -0.4 is 0 Å². The zero-order chi connectivity index (χ0) is 12.2. The van der Waals surface area contributed by atoms with Crippen LogP contribution in [0, 0.1) is 0 Å². The molecule has 86 valence electrons. The van der Waals surface area contributed by atoms with E-state index in [9.17, 15) is 9.36 Å². The van der Waals surface area contributed by atoms with Gasteiger partial charge in [0.25, 0.3) is 0 Å². The van der Waals surface area contributed by atoms with Crippen LogP contribution in [0.3, 0.4) is 0 Å². The van der Waals surface area contributed by atoms with Crippen molar-refractivity contribution in [1.29, 1.82) is 0 Å². The lowest BCUT2D eigenvalue weighted by molar-refractivity contribution is -0.125. The van der Waals surface area contributed by atoms with Gasteiger partial charge in [0.15, 0.2) is 12.4 Å². The summed E-state index contributed by atoms with van der Waals surface area (Å²) >= 11 is 0. The standard InChI is InChI=1S/C11H13O4P/c1-11(2,9-6-4-3-5-7-9)10(12)8-15-16(13)14/h3-7H,8H2,1-2H3/p+1. The summed E-state index contributed by atoms with van der Waals surface area (Å²) in [5, 5.41) is 0. The SMILES string of the molecule is CC(C)(C(=O)CO[P+](=O)O)c1ccccc1. The molecule has 1 aromatic rings. The van der Waals surface area contributed by atoms with Crippen molar-refractivity contribution in [3.05, 3.63) is 35.9 Å². The molecule has 0 spiro atoms. The van der Waals surface area contributed by atoms with Crippen molar-refractivity contribution in [2.45, 2.75) is 19.3 Å². The minimum Gasteiger partial charge on any atom is -0.296 e. The Labute approximate surface area is 95.2 Å². The predicted octanol–water partition coefficient (Wildman–Crippen LogP) is 2.20. The van der Waals surface area contributed by atoms with E-state index in [0.29, 0.717) is 0 Å². The monoisotopic (exact) mass is 241 g/mol. The van der Waals surface area contributed by atoms with E-state index in [1.165, 1.54) is 0 Å². The topological polar surface area (TPSA) is 63.6 Å². The highest BCUT2D eigenvalue weighted by atomic mass is 31.1. The van der Waals surface area contributed by atoms with Crippen LogP contribution in [0.5, 0.6) is 0 Å². The van der Waals surface area contributed by atoms with E-state index in [2.05, 4.69) is 4.52 Å². The van der Waals surface area contributed by atoms with Gasteiger partial charge in [0, 0.05) is 4.57 Å². The van der Waals surface area contributed by atoms with Gasteiger partial charge in [0.1, 0.15) is 0 Å². The van der Waals surface area contributed by atoms with Crippen LogP contribution in [0.1, 0.15) is 19.4 Å². The van der Waals surface area contributed by atoms with E-state index < -0.39 is 13.7 Å². The van der Waals surface area contributed by atoms with Crippen LogP contribution in [-0.4, -0.2) is 17.3 Å². The van der Waals surface area contributed by atoms with E-state index in [0.717, 1.165) is 5.56 Å². The van der Waals surface area contributed by atoms with Crippen molar-refractivity contribution in [1.82, 2.24) is 0 Å². The molecular weight excluding hydrogens is 227 g/mol. The molecule has 0 radical (unpaired) electrons. The molecule has 0 aromatic heterocycles. The van der Waals surface area contributed by atoms with Gasteiger partial charge in [-0.2, -0.15) is 0 Å². The smallest absolute Gasteiger partial charge is 0.296 e. The average molecular weight is 241 g/mol. The first kappa shape index (κ1) is 13.0. The van der Waals surface area contributed by atoms with Crippen molar-refractivity contribution >= 4 is 14.0 Å². The van der Waals surface area contributed by atoms with E-state index >= 15 is 0 Å². The lowest BCUT2D eigenvalue weighted by atomic mass is 9.81. The molecule has 16 heavy (non-hydrogen) atoms. The summed E-state index contributed by atoms with van der Waals surface area (Å²) in [6.45, 7) is 3.17. The number of hydrogen-bond acceptors (Lipinski definition) is 3. The Hall–Kier alpha value is -1.09. The number of ketones is 1. The summed E-state index contributed by atoms with van der Waals surface area (Å²) in [5.74, 6) is -0.226. The van der Waals surface area contributed by atoms with Crippen LogP contribution in [0.4, 0.5) is 0 Å². The lowest BCUT2D eigenvalue weighted by Gasteiger charge is -2.22. The number of benzene rings is 1. The summed E-state index contributed by atoms with van der Waals surface area (Å²) in [7, 11) is -2.72. The van der Waals surface area contributed by atoms with Gasteiger partial charge in [0.05, 0.1) is 5.41 Å². The first-order valence-electron chi connectivity index (χ1n) is 4.82. The normalized spacial score (nSPS) is 12.3. The van der Waals surface area contributed by atoms with Crippen LogP contribution >= 0.6 is 8.25 Å². The molecule has 1 atom stereocenters. The molecule has 0 saturated heterocycles. The zero-order valence-corrected chi connectivity index (χ0v) is 10.1. The Bertz CT molecular complexity index is 386. The van der Waals surface area contributed by atoms with Gasteiger partial charge in [-0.05, 0) is 19.4 Å². The molecular formula is C11H14O4P+. The molecule has 0 amide bonds. The maximum Gasteiger partial charge on any atom is 0.695 e. The molecule has 1 aromatic carbocycles. The third kappa shape index (κ3) is 3.20. The van der Waals surface area contributed by atoms with E-state index in [1.807, 2.05) is 30.3 Å². The number of hydrogen-bond donors (Lipinski definition) is 1. The van der Waals surface area contributed by atoms with Gasteiger partial charge in [0.2, 0.25) is 0 Å². The van der Waals surface area contributed by atoms with Crippen LogP contribution in [0.15, 0.2) is 30.3 Å². The summed E-state index contributed by atoms with van der Waals surface area (Å²) in [6.07, 6.45) is 0. The minimum atomic E-state index is -2.72. The van der Waals surface area contributed by atoms with Crippen LogP contribution in [0.25, 0.3) is 0 Å². The Morgan fingerprint density at radius 3 is 2.44 bits per heavy atom. The molecule has 1 unspecified atom stereocenters. The quantitative estimate of drug-likeness (QED) is 0.802. The Morgan fingerprint density at radius 1 is 1.38 bits per heavy atom. The summed E-state index contributed by atoms with van der Waals surface area (Å²) < 4.78 is 14.8. The minimum absolute atomic E-state index is 0.226. The predicted molar refractivity (Wildman–Crippen MR) is 60.3 cm³/mol. The Kier molecular flexibility index (Phi) is 4.30. The van der Waals surface area contributed by atoms with E-state index in [1.54, 1.807) is 13.8 Å². The first-order chi connectivity index (χ1) is 7.44. The van der Waals surface area contributed by atoms with Gasteiger partial charge in [-0.3, -0.25) is 4.79 Å². The second kappa shape index (κ2) is 5.30. The molecule has 0 bridgehead atoms. The summed E-state index contributed by atoms with van der Waals surface area (Å²) in [4.78, 5) is 20.3. The zero-order valence-electron chi connectivity index (χ0n) is 9.21. The molecule has 5 heteroatoms. The second-order valence-electron chi connectivity index (χ2n) is 3.93. The highest BCUT2D eigenvalue weighted by Gasteiger charge is 2.31. The fourth-order valence-corrected chi connectivity index (χ4v) is 1.54. The maximum absolute atomic E-state index is 11.8. The average Bonchev–Trinajstić information content (AvgIpc) is 2.27. The fraction of sp³-hybridized carbons (Fsp3) is 0.364. The van der Waals surface area contributed by atoms with Crippen molar-refractivity contribution in [2.75, 3.05) is 6.61 Å². The van der Waals surface area contributed by atoms with Crippen molar-refractivity contribution in [3.63, 3.8) is 0 Å². The summed E-state index contributed by atoms with van der Waals surface area (Å²) in [5.41, 5.74) is 0.142. The van der Waals surface area contributed by atoms with Crippen LogP contribution in [0.2, 0.25) is 0 Å². The molecule has 0 aliphatic carbocycles. The molecule has 0 aliphatic heterocycles. The number of carbonyl (C=O) groups is 1. The largest absolute Gasteiger partial charge is 0.695 e. The first-order valence-corrected chi connectivity index (χ1v) is 5.95. The highest BCUT2D eigenvalue weighted by molar-refractivity contribution is 7.32. The van der Waals surface area contributed by atoms with Gasteiger partial charge < -0.3 is 0 Å². The van der Waals surface area contributed by atoms with Gasteiger partial charge in [-0.1, -0.05) is 30.3 Å². The lowest BCUT2D eigenvalue weighted by Crippen LogP contribution is -2.31. The van der Waals surface area contributed by atoms with Crippen LogP contribution in [-0.2, 0) is 19.3 Å². The Morgan fingerprint density at radius 2 is 1.94 bits per heavy atom. The van der Waals surface area contributed by atoms with E-state index in [-0.39, 0.29) is 12.4 Å². The third-order valence-corrected chi connectivity index (χ3v) is 2.85. The van der Waals surface area contributed by atoms with Crippen molar-refractivity contribution in [2.24, 2.45) is 0 Å². The summed E-state index contributed by atoms with van der Waals surface area (Å²) in [6, 6.07) is 9.24. The third-order valence-electron chi connectivity index (χ3n) is 2.50. The van der Waals surface area contributed by atoms with E-state index in [4.69, 9.17) is 4.89 Å². The molecule has 0 aliphatic rings. The highest BCUT2D eigenvalue weighted by Crippen LogP contribution is 2.25. The fourth-order valence-electron chi connectivity index (χ4n) is 1.31. The Balaban J connectivity index is 2.78. The number of carbonyl (C=O) groups excluding carboxylic acids is 1.